The first kappa shape index (κ1) is 32.1. The standard InChI is InChI=1S/C42H40O2P2/c1-43-39(41(33-21-9-3-10-22-33)45(35-25-13-5-14-26-35)36-27-15-6-16-28-36)40(44-2)42(34-23-11-4-12-24-34)46(37-29-17-7-18-30-37)38-31-19-8-20-32-38/h3-32,39-42H,1-2H3. The highest BCUT2D eigenvalue weighted by Gasteiger charge is 2.44. The molecule has 230 valence electrons. The Labute approximate surface area is 276 Å². The first-order valence-electron chi connectivity index (χ1n) is 15.7. The van der Waals surface area contributed by atoms with E-state index in [9.17, 15) is 0 Å². The molecule has 0 N–H and O–H groups in total. The average Bonchev–Trinajstić information content (AvgIpc) is 3.14. The Kier molecular flexibility index (Phi) is 11.2. The number of hydrogen-bond donors (Lipinski definition) is 0. The summed E-state index contributed by atoms with van der Waals surface area (Å²) in [5.41, 5.74) is 2.55. The molecule has 4 heteroatoms. The molecule has 4 atom stereocenters. The second-order valence-electron chi connectivity index (χ2n) is 11.2. The van der Waals surface area contributed by atoms with Gasteiger partial charge < -0.3 is 9.47 Å². The van der Waals surface area contributed by atoms with Crippen LogP contribution in [0.4, 0.5) is 0 Å². The lowest BCUT2D eigenvalue weighted by Gasteiger charge is -2.43. The first-order chi connectivity index (χ1) is 22.8. The molecule has 0 saturated carbocycles. The maximum absolute atomic E-state index is 6.77. The molecule has 0 saturated heterocycles. The van der Waals surface area contributed by atoms with Gasteiger partial charge in [0.1, 0.15) is 0 Å². The lowest BCUT2D eigenvalue weighted by Crippen LogP contribution is -2.42. The van der Waals surface area contributed by atoms with Gasteiger partial charge in [-0.1, -0.05) is 182 Å². The molecule has 6 rings (SSSR count). The van der Waals surface area contributed by atoms with E-state index in [1.54, 1.807) is 0 Å². The largest absolute Gasteiger partial charge is 0.378 e. The van der Waals surface area contributed by atoms with Gasteiger partial charge in [0, 0.05) is 25.5 Å². The van der Waals surface area contributed by atoms with Crippen molar-refractivity contribution in [3.05, 3.63) is 193 Å². The summed E-state index contributed by atoms with van der Waals surface area (Å²) in [5.74, 6) is 0. The van der Waals surface area contributed by atoms with Gasteiger partial charge in [0.2, 0.25) is 0 Å². The molecule has 6 aromatic rings. The third-order valence-corrected chi connectivity index (χ3v) is 14.2. The molecule has 0 amide bonds. The molecule has 46 heavy (non-hydrogen) atoms. The van der Waals surface area contributed by atoms with Crippen molar-refractivity contribution in [2.45, 2.75) is 23.5 Å². The van der Waals surface area contributed by atoms with E-state index in [2.05, 4.69) is 182 Å². The minimum Gasteiger partial charge on any atom is -0.378 e. The maximum atomic E-state index is 6.77. The lowest BCUT2D eigenvalue weighted by molar-refractivity contribution is -0.0387. The molecule has 0 heterocycles. The smallest absolute Gasteiger partial charge is 0.0956 e. The predicted molar refractivity (Wildman–Crippen MR) is 198 cm³/mol. The van der Waals surface area contributed by atoms with Gasteiger partial charge in [-0.2, -0.15) is 0 Å². The molecule has 4 unspecified atom stereocenters. The van der Waals surface area contributed by atoms with Crippen molar-refractivity contribution in [1.29, 1.82) is 0 Å². The van der Waals surface area contributed by atoms with E-state index in [1.807, 2.05) is 14.2 Å². The Balaban J connectivity index is 1.58. The van der Waals surface area contributed by atoms with Gasteiger partial charge in [-0.15, -0.1) is 0 Å². The molecule has 0 bridgehead atoms. The zero-order valence-electron chi connectivity index (χ0n) is 26.3. The molecule has 0 fully saturated rings. The van der Waals surface area contributed by atoms with Crippen molar-refractivity contribution in [1.82, 2.24) is 0 Å². The zero-order valence-corrected chi connectivity index (χ0v) is 28.1. The quantitative estimate of drug-likeness (QED) is 0.118. The van der Waals surface area contributed by atoms with Crippen LogP contribution in [0.2, 0.25) is 0 Å². The molecule has 0 aromatic heterocycles. The fraction of sp³-hybridized carbons (Fsp3) is 0.143. The van der Waals surface area contributed by atoms with Crippen molar-refractivity contribution < 1.29 is 9.47 Å². The van der Waals surface area contributed by atoms with Gasteiger partial charge in [-0.05, 0) is 48.2 Å². The van der Waals surface area contributed by atoms with Crippen molar-refractivity contribution in [2.75, 3.05) is 14.2 Å². The second-order valence-corrected chi connectivity index (χ2v) is 15.9. The van der Waals surface area contributed by atoms with E-state index in [4.69, 9.17) is 9.47 Å². The Morgan fingerprint density at radius 3 is 0.761 bits per heavy atom. The molecule has 0 spiro atoms. The zero-order chi connectivity index (χ0) is 31.6. The van der Waals surface area contributed by atoms with E-state index in [-0.39, 0.29) is 23.5 Å². The van der Waals surface area contributed by atoms with E-state index in [0.717, 1.165) is 0 Å². The minimum absolute atomic E-state index is 0.0190. The molecular weight excluding hydrogens is 598 g/mol. The fourth-order valence-corrected chi connectivity index (χ4v) is 12.4. The van der Waals surface area contributed by atoms with Gasteiger partial charge in [-0.3, -0.25) is 0 Å². The summed E-state index contributed by atoms with van der Waals surface area (Å²) < 4.78 is 13.5. The Hall–Kier alpha value is -3.90. The minimum atomic E-state index is -0.893. The normalized spacial score (nSPS) is 14.1. The molecule has 0 aliphatic carbocycles. The Morgan fingerprint density at radius 1 is 0.326 bits per heavy atom. The highest BCUT2D eigenvalue weighted by Crippen LogP contribution is 2.58. The third kappa shape index (κ3) is 7.23. The Bertz CT molecular complexity index is 1510. The summed E-state index contributed by atoms with van der Waals surface area (Å²) in [4.78, 5) is 0. The van der Waals surface area contributed by atoms with Crippen LogP contribution in [0.1, 0.15) is 22.4 Å². The van der Waals surface area contributed by atoms with Crippen LogP contribution in [-0.2, 0) is 9.47 Å². The Morgan fingerprint density at radius 2 is 0.543 bits per heavy atom. The van der Waals surface area contributed by atoms with Gasteiger partial charge in [0.15, 0.2) is 0 Å². The number of methoxy groups -OCH3 is 2. The van der Waals surface area contributed by atoms with Crippen LogP contribution in [0.25, 0.3) is 0 Å². The van der Waals surface area contributed by atoms with Crippen molar-refractivity contribution in [3.8, 4) is 0 Å². The van der Waals surface area contributed by atoms with Crippen molar-refractivity contribution >= 4 is 37.1 Å². The lowest BCUT2D eigenvalue weighted by atomic mass is 9.97. The van der Waals surface area contributed by atoms with Crippen LogP contribution < -0.4 is 21.2 Å². The molecule has 0 aliphatic heterocycles. The molecule has 0 radical (unpaired) electrons. The van der Waals surface area contributed by atoms with Crippen LogP contribution in [0.5, 0.6) is 0 Å². The van der Waals surface area contributed by atoms with Crippen LogP contribution in [0, 0.1) is 0 Å². The van der Waals surface area contributed by atoms with E-state index < -0.39 is 15.8 Å². The van der Waals surface area contributed by atoms with E-state index >= 15 is 0 Å². The number of ether oxygens (including phenoxy) is 2. The summed E-state index contributed by atoms with van der Waals surface area (Å²) in [6, 6.07) is 65.7. The maximum Gasteiger partial charge on any atom is 0.0956 e. The summed E-state index contributed by atoms with van der Waals surface area (Å²) in [6.45, 7) is 0. The summed E-state index contributed by atoms with van der Waals surface area (Å²) in [5, 5.41) is 5.27. The SMILES string of the molecule is COC(C(OC)C(c1ccccc1)P(c1ccccc1)c1ccccc1)C(c1ccccc1)P(c1ccccc1)c1ccccc1. The molecule has 0 aliphatic rings. The summed E-state index contributed by atoms with van der Waals surface area (Å²) >= 11 is 0. The topological polar surface area (TPSA) is 18.5 Å². The van der Waals surface area contributed by atoms with Gasteiger partial charge in [0.05, 0.1) is 12.2 Å². The van der Waals surface area contributed by atoms with E-state index in [1.165, 1.54) is 32.3 Å². The first-order valence-corrected chi connectivity index (χ1v) is 18.6. The van der Waals surface area contributed by atoms with Crippen LogP contribution in [0.15, 0.2) is 182 Å². The highest BCUT2D eigenvalue weighted by molar-refractivity contribution is 7.73. The van der Waals surface area contributed by atoms with Gasteiger partial charge in [-0.25, -0.2) is 0 Å². The monoisotopic (exact) mass is 638 g/mol. The number of hydrogen-bond acceptors (Lipinski definition) is 2. The number of benzene rings is 6. The van der Waals surface area contributed by atoms with Crippen LogP contribution in [-0.4, -0.2) is 26.4 Å². The molecule has 6 aromatic carbocycles. The van der Waals surface area contributed by atoms with Gasteiger partial charge >= 0.3 is 0 Å². The molecule has 2 nitrogen and oxygen atoms in total. The van der Waals surface area contributed by atoms with Crippen LogP contribution >= 0.6 is 15.8 Å². The van der Waals surface area contributed by atoms with Crippen molar-refractivity contribution in [2.24, 2.45) is 0 Å². The number of rotatable bonds is 13. The van der Waals surface area contributed by atoms with Crippen LogP contribution in [0.3, 0.4) is 0 Å². The third-order valence-electron chi connectivity index (χ3n) is 8.47. The predicted octanol–water partition coefficient (Wildman–Crippen LogP) is 8.76. The summed E-state index contributed by atoms with van der Waals surface area (Å²) in [6.07, 6.45) is -0.525. The second kappa shape index (κ2) is 16.1. The fourth-order valence-electron chi connectivity index (χ4n) is 6.45. The van der Waals surface area contributed by atoms with Gasteiger partial charge in [0.25, 0.3) is 0 Å². The molecular formula is C42H40O2P2. The van der Waals surface area contributed by atoms with E-state index in [0.29, 0.717) is 0 Å². The van der Waals surface area contributed by atoms with Crippen molar-refractivity contribution in [3.63, 3.8) is 0 Å². The highest BCUT2D eigenvalue weighted by atomic mass is 31.1. The summed E-state index contributed by atoms with van der Waals surface area (Å²) in [7, 11) is 1.95. The average molecular weight is 639 g/mol.